The second kappa shape index (κ2) is 8.93. The molecule has 0 N–H and O–H groups in total. The van der Waals surface area contributed by atoms with Crippen molar-refractivity contribution in [3.05, 3.63) is 64.2 Å². The van der Waals surface area contributed by atoms with Crippen molar-refractivity contribution >= 4 is 5.97 Å². The fraction of sp³-hybridized carbons (Fsp3) is 0.381. The van der Waals surface area contributed by atoms with E-state index in [1.807, 2.05) is 19.1 Å². The number of esters is 1. The van der Waals surface area contributed by atoms with Crippen LogP contribution in [0.3, 0.4) is 0 Å². The highest BCUT2D eigenvalue weighted by molar-refractivity contribution is 5.69. The zero-order chi connectivity index (χ0) is 20.0. The molecule has 2 aromatic rings. The fourth-order valence-corrected chi connectivity index (χ4v) is 2.88. The summed E-state index contributed by atoms with van der Waals surface area (Å²) in [5.74, 6) is -0.518. The van der Waals surface area contributed by atoms with E-state index in [1.54, 1.807) is 19.1 Å². The molecule has 2 aromatic carbocycles. The zero-order valence-electron chi connectivity index (χ0n) is 15.7. The van der Waals surface area contributed by atoms with E-state index in [0.29, 0.717) is 18.4 Å². The first-order valence-electron chi connectivity index (χ1n) is 8.73. The van der Waals surface area contributed by atoms with Gasteiger partial charge in [0.05, 0.1) is 12.7 Å². The minimum Gasteiger partial charge on any atom is -0.488 e. The average Bonchev–Trinajstić information content (AvgIpc) is 2.64. The van der Waals surface area contributed by atoms with E-state index >= 15 is 0 Å². The summed E-state index contributed by atoms with van der Waals surface area (Å²) in [7, 11) is 1.32. The Morgan fingerprint density at radius 2 is 1.74 bits per heavy atom. The summed E-state index contributed by atoms with van der Waals surface area (Å²) in [6, 6.07) is 9.82. The van der Waals surface area contributed by atoms with Crippen LogP contribution in [0.5, 0.6) is 5.75 Å². The summed E-state index contributed by atoms with van der Waals surface area (Å²) in [6.07, 6.45) is -3.33. The Hall–Kier alpha value is -2.50. The van der Waals surface area contributed by atoms with Gasteiger partial charge in [-0.25, -0.2) is 0 Å². The molecule has 27 heavy (non-hydrogen) atoms. The number of carbonyl (C=O) groups excluding carboxylic acids is 1. The minimum absolute atomic E-state index is 0.00859. The zero-order valence-corrected chi connectivity index (χ0v) is 15.7. The van der Waals surface area contributed by atoms with Gasteiger partial charge in [0.2, 0.25) is 0 Å². The quantitative estimate of drug-likeness (QED) is 0.615. The molecule has 0 fully saturated rings. The highest BCUT2D eigenvalue weighted by Gasteiger charge is 2.35. The van der Waals surface area contributed by atoms with E-state index < -0.39 is 11.7 Å². The molecule has 3 nitrogen and oxygen atoms in total. The van der Waals surface area contributed by atoms with Crippen molar-refractivity contribution in [3.8, 4) is 5.75 Å². The van der Waals surface area contributed by atoms with Crippen molar-refractivity contribution in [2.45, 2.75) is 45.9 Å². The Balaban J connectivity index is 2.24. The van der Waals surface area contributed by atoms with E-state index in [0.717, 1.165) is 22.8 Å². The Labute approximate surface area is 157 Å². The van der Waals surface area contributed by atoms with E-state index in [-0.39, 0.29) is 24.7 Å². The molecule has 0 aromatic heterocycles. The van der Waals surface area contributed by atoms with E-state index in [2.05, 4.69) is 4.74 Å². The van der Waals surface area contributed by atoms with Crippen LogP contribution >= 0.6 is 0 Å². The Morgan fingerprint density at radius 1 is 1.07 bits per heavy atom. The van der Waals surface area contributed by atoms with E-state index in [1.165, 1.54) is 13.2 Å². The lowest BCUT2D eigenvalue weighted by atomic mass is 10.0. The predicted octanol–water partition coefficient (Wildman–Crippen LogP) is 5.26. The van der Waals surface area contributed by atoms with Gasteiger partial charge in [-0.15, -0.1) is 0 Å². The molecule has 0 aliphatic rings. The number of alkyl halides is 3. The number of rotatable bonds is 7. The topological polar surface area (TPSA) is 35.5 Å². The molecule has 146 valence electrons. The average molecular weight is 380 g/mol. The summed E-state index contributed by atoms with van der Waals surface area (Å²) in [6.45, 7) is 3.59. The van der Waals surface area contributed by atoms with Crippen molar-refractivity contribution in [1.29, 1.82) is 0 Å². The summed E-state index contributed by atoms with van der Waals surface area (Å²) in [5.41, 5.74) is 2.23. The van der Waals surface area contributed by atoms with Gasteiger partial charge in [-0.05, 0) is 54.2 Å². The van der Waals surface area contributed by atoms with Crippen LogP contribution in [-0.2, 0) is 35.2 Å². The van der Waals surface area contributed by atoms with Gasteiger partial charge in [0.25, 0.3) is 0 Å². The van der Waals surface area contributed by atoms with Crippen LogP contribution in [0, 0.1) is 6.92 Å². The molecule has 0 radical (unpaired) electrons. The smallest absolute Gasteiger partial charge is 0.419 e. The van der Waals surface area contributed by atoms with Crippen LogP contribution < -0.4 is 4.74 Å². The normalized spacial score (nSPS) is 11.3. The van der Waals surface area contributed by atoms with Crippen LogP contribution in [0.15, 0.2) is 36.4 Å². The SMILES string of the molecule is CCc1cc(C(F)(F)F)c(OCc2ccccc2CCC(=O)OC)cc1C. The maximum Gasteiger partial charge on any atom is 0.419 e. The van der Waals surface area contributed by atoms with Crippen molar-refractivity contribution in [2.75, 3.05) is 7.11 Å². The second-order valence-electron chi connectivity index (χ2n) is 6.26. The summed E-state index contributed by atoms with van der Waals surface area (Å²) < 4.78 is 50.5. The minimum atomic E-state index is -4.49. The Kier molecular flexibility index (Phi) is 6.88. The molecule has 0 aliphatic heterocycles. The van der Waals surface area contributed by atoms with Crippen LogP contribution in [0.2, 0.25) is 0 Å². The van der Waals surface area contributed by atoms with Gasteiger partial charge in [0.15, 0.2) is 0 Å². The fourth-order valence-electron chi connectivity index (χ4n) is 2.88. The van der Waals surface area contributed by atoms with Gasteiger partial charge in [-0.1, -0.05) is 31.2 Å². The van der Waals surface area contributed by atoms with Crippen molar-refractivity contribution in [2.24, 2.45) is 0 Å². The number of carbonyl (C=O) groups is 1. The first kappa shape index (κ1) is 20.8. The molecule has 0 bridgehead atoms. The predicted molar refractivity (Wildman–Crippen MR) is 96.7 cm³/mol. The molecule has 0 saturated carbocycles. The monoisotopic (exact) mass is 380 g/mol. The first-order chi connectivity index (χ1) is 12.8. The molecular weight excluding hydrogens is 357 g/mol. The molecule has 0 unspecified atom stereocenters. The molecular formula is C21H23F3O3. The number of aryl methyl sites for hydroxylation is 3. The number of halogens is 3. The highest BCUT2D eigenvalue weighted by atomic mass is 19.4. The standard InChI is InChI=1S/C21H23F3O3/c1-4-15-12-18(21(22,23)24)19(11-14(15)2)27-13-17-8-6-5-7-16(17)9-10-20(25)26-3/h5-8,11-12H,4,9-10,13H2,1-3H3. The summed E-state index contributed by atoms with van der Waals surface area (Å²) in [4.78, 5) is 11.4. The van der Waals surface area contributed by atoms with Gasteiger partial charge in [-0.3, -0.25) is 4.79 Å². The molecule has 6 heteroatoms. The third-order valence-electron chi connectivity index (χ3n) is 4.45. The lowest BCUT2D eigenvalue weighted by molar-refractivity contribution is -0.141. The molecule has 0 saturated heterocycles. The van der Waals surface area contributed by atoms with Crippen LogP contribution in [-0.4, -0.2) is 13.1 Å². The van der Waals surface area contributed by atoms with Crippen molar-refractivity contribution < 1.29 is 27.4 Å². The lowest BCUT2D eigenvalue weighted by Crippen LogP contribution is -2.11. The number of hydrogen-bond donors (Lipinski definition) is 0. The lowest BCUT2D eigenvalue weighted by Gasteiger charge is -2.18. The molecule has 0 amide bonds. The van der Waals surface area contributed by atoms with Crippen LogP contribution in [0.25, 0.3) is 0 Å². The molecule has 0 aliphatic carbocycles. The maximum absolute atomic E-state index is 13.4. The summed E-state index contributed by atoms with van der Waals surface area (Å²) >= 11 is 0. The number of methoxy groups -OCH3 is 1. The molecule has 0 spiro atoms. The molecule has 0 atom stereocenters. The van der Waals surface area contributed by atoms with Gasteiger partial charge < -0.3 is 9.47 Å². The number of hydrogen-bond acceptors (Lipinski definition) is 3. The third-order valence-corrected chi connectivity index (χ3v) is 4.45. The largest absolute Gasteiger partial charge is 0.488 e. The Bertz CT molecular complexity index is 798. The Morgan fingerprint density at radius 3 is 2.33 bits per heavy atom. The number of benzene rings is 2. The summed E-state index contributed by atoms with van der Waals surface area (Å²) in [5, 5.41) is 0. The van der Waals surface area contributed by atoms with Crippen molar-refractivity contribution in [3.63, 3.8) is 0 Å². The maximum atomic E-state index is 13.4. The first-order valence-corrected chi connectivity index (χ1v) is 8.73. The van der Waals surface area contributed by atoms with Crippen LogP contribution in [0.4, 0.5) is 13.2 Å². The molecule has 2 rings (SSSR count). The van der Waals surface area contributed by atoms with Gasteiger partial charge in [0.1, 0.15) is 12.4 Å². The number of ether oxygens (including phenoxy) is 2. The van der Waals surface area contributed by atoms with Crippen LogP contribution in [0.1, 0.15) is 41.2 Å². The van der Waals surface area contributed by atoms with Gasteiger partial charge in [-0.2, -0.15) is 13.2 Å². The van der Waals surface area contributed by atoms with Gasteiger partial charge in [0, 0.05) is 6.42 Å². The highest BCUT2D eigenvalue weighted by Crippen LogP contribution is 2.38. The van der Waals surface area contributed by atoms with E-state index in [9.17, 15) is 18.0 Å². The van der Waals surface area contributed by atoms with Gasteiger partial charge >= 0.3 is 12.1 Å². The van der Waals surface area contributed by atoms with E-state index in [4.69, 9.17) is 4.74 Å². The second-order valence-corrected chi connectivity index (χ2v) is 6.26. The third kappa shape index (κ3) is 5.49. The molecule has 0 heterocycles. The van der Waals surface area contributed by atoms with Crippen molar-refractivity contribution in [1.82, 2.24) is 0 Å².